The van der Waals surface area contributed by atoms with E-state index in [1.807, 2.05) is 49.4 Å². The number of anilines is 1. The lowest BCUT2D eigenvalue weighted by atomic mass is 10.2. The van der Waals surface area contributed by atoms with Crippen molar-refractivity contribution in [3.8, 4) is 0 Å². The minimum absolute atomic E-state index is 0.0614. The van der Waals surface area contributed by atoms with Gasteiger partial charge in [0.2, 0.25) is 0 Å². The molecule has 0 saturated heterocycles. The molecule has 0 fully saturated rings. The third-order valence-corrected chi connectivity index (χ3v) is 5.36. The number of pyridine rings is 1. The second-order valence-electron chi connectivity index (χ2n) is 7.06. The van der Waals surface area contributed by atoms with Gasteiger partial charge in [-0.2, -0.15) is 0 Å². The topological polar surface area (TPSA) is 83.6 Å². The van der Waals surface area contributed by atoms with Crippen molar-refractivity contribution < 1.29 is 14.3 Å². The smallest absolute Gasteiger partial charge is 0.412 e. The first kappa shape index (κ1) is 22.4. The monoisotopic (exact) mass is 440 g/mol. The van der Waals surface area contributed by atoms with Crippen molar-refractivity contribution in [1.82, 2.24) is 15.2 Å². The summed E-state index contributed by atoms with van der Waals surface area (Å²) in [4.78, 5) is 30.4. The standard InChI is InChI=1S/C23H25ClN4O3/c1-3-19(28(2)22(29)26-14-18-10-6-7-11-20(18)24)15-31-23(30)27-21-12-16-8-4-5-9-17(16)13-25-21/h4-13,19H,3,14-15H2,1-2H3,(H,26,29)(H,25,27,30)/t19-/m0/s1. The molecule has 0 aliphatic rings. The van der Waals surface area contributed by atoms with Crippen LogP contribution in [0.2, 0.25) is 5.02 Å². The molecule has 0 saturated carbocycles. The van der Waals surface area contributed by atoms with E-state index in [0.29, 0.717) is 23.8 Å². The minimum atomic E-state index is -0.619. The highest BCUT2D eigenvalue weighted by Gasteiger charge is 2.20. The van der Waals surface area contributed by atoms with Crippen molar-refractivity contribution in [3.63, 3.8) is 0 Å². The number of carbonyl (C=O) groups is 2. The number of halogens is 1. The van der Waals surface area contributed by atoms with Crippen molar-refractivity contribution in [3.05, 3.63) is 71.4 Å². The lowest BCUT2D eigenvalue weighted by Gasteiger charge is -2.27. The third kappa shape index (κ3) is 6.08. The van der Waals surface area contributed by atoms with Crippen LogP contribution in [0.25, 0.3) is 10.8 Å². The number of rotatable bonds is 7. The van der Waals surface area contributed by atoms with Crippen LogP contribution in [0.4, 0.5) is 15.4 Å². The molecule has 3 aromatic rings. The third-order valence-electron chi connectivity index (χ3n) is 5.00. The van der Waals surface area contributed by atoms with Crippen LogP contribution >= 0.6 is 11.6 Å². The van der Waals surface area contributed by atoms with E-state index in [1.54, 1.807) is 25.4 Å². The molecule has 0 spiro atoms. The Morgan fingerprint density at radius 3 is 2.58 bits per heavy atom. The second-order valence-corrected chi connectivity index (χ2v) is 7.47. The van der Waals surface area contributed by atoms with Crippen LogP contribution < -0.4 is 10.6 Å². The van der Waals surface area contributed by atoms with Gasteiger partial charge in [-0.3, -0.25) is 5.32 Å². The Bertz CT molecular complexity index is 1060. The van der Waals surface area contributed by atoms with Gasteiger partial charge in [-0.05, 0) is 29.5 Å². The quantitative estimate of drug-likeness (QED) is 0.538. The Balaban J connectivity index is 1.50. The van der Waals surface area contributed by atoms with Gasteiger partial charge in [-0.1, -0.05) is 61.0 Å². The summed E-state index contributed by atoms with van der Waals surface area (Å²) in [6.45, 7) is 2.30. The van der Waals surface area contributed by atoms with Gasteiger partial charge in [0.1, 0.15) is 12.4 Å². The van der Waals surface area contributed by atoms with Crippen molar-refractivity contribution in [1.29, 1.82) is 0 Å². The molecule has 3 amide bonds. The Labute approximate surface area is 186 Å². The van der Waals surface area contributed by atoms with E-state index in [0.717, 1.165) is 16.3 Å². The molecule has 2 N–H and O–H groups in total. The highest BCUT2D eigenvalue weighted by atomic mass is 35.5. The zero-order valence-corrected chi connectivity index (χ0v) is 18.2. The molecule has 1 heterocycles. The maximum Gasteiger partial charge on any atom is 0.412 e. The molecule has 1 aromatic heterocycles. The minimum Gasteiger partial charge on any atom is -0.447 e. The molecule has 0 aliphatic carbocycles. The van der Waals surface area contributed by atoms with Gasteiger partial charge in [0.05, 0.1) is 6.04 Å². The molecule has 3 rings (SSSR count). The average Bonchev–Trinajstić information content (AvgIpc) is 2.78. The molecule has 0 radical (unpaired) electrons. The molecule has 0 unspecified atom stereocenters. The molecule has 8 heteroatoms. The van der Waals surface area contributed by atoms with Crippen LogP contribution in [-0.2, 0) is 11.3 Å². The second kappa shape index (κ2) is 10.6. The molecular weight excluding hydrogens is 416 g/mol. The van der Waals surface area contributed by atoms with E-state index < -0.39 is 6.09 Å². The van der Waals surface area contributed by atoms with Crippen LogP contribution in [0.15, 0.2) is 60.8 Å². The first-order valence-electron chi connectivity index (χ1n) is 10.0. The first-order valence-corrected chi connectivity index (χ1v) is 10.4. The zero-order chi connectivity index (χ0) is 22.2. The summed E-state index contributed by atoms with van der Waals surface area (Å²) in [6.07, 6.45) is 1.69. The van der Waals surface area contributed by atoms with Gasteiger partial charge in [-0.15, -0.1) is 0 Å². The van der Waals surface area contributed by atoms with Crippen LogP contribution in [0.5, 0.6) is 0 Å². The van der Waals surface area contributed by atoms with Gasteiger partial charge in [0.25, 0.3) is 0 Å². The number of fused-ring (bicyclic) bond motifs is 1. The summed E-state index contributed by atoms with van der Waals surface area (Å²) >= 11 is 6.13. The maximum atomic E-state index is 12.5. The summed E-state index contributed by atoms with van der Waals surface area (Å²) in [7, 11) is 1.67. The maximum absolute atomic E-state index is 12.5. The Hall–Kier alpha value is -3.32. The Morgan fingerprint density at radius 1 is 1.13 bits per heavy atom. The normalized spacial score (nSPS) is 11.6. The molecular formula is C23H25ClN4O3. The summed E-state index contributed by atoms with van der Waals surface area (Å²) in [5, 5.41) is 8.01. The zero-order valence-electron chi connectivity index (χ0n) is 17.5. The SMILES string of the molecule is CC[C@@H](COC(=O)Nc1cc2ccccc2cn1)N(C)C(=O)NCc1ccccc1Cl. The van der Waals surface area contributed by atoms with Crippen LogP contribution in [-0.4, -0.2) is 41.7 Å². The number of carbonyl (C=O) groups excluding carboxylic acids is 2. The number of hydrogen-bond donors (Lipinski definition) is 2. The number of amides is 3. The summed E-state index contributed by atoms with van der Waals surface area (Å²) in [5.74, 6) is 0.405. The first-order chi connectivity index (χ1) is 15.0. The van der Waals surface area contributed by atoms with E-state index in [9.17, 15) is 9.59 Å². The molecule has 1 atom stereocenters. The highest BCUT2D eigenvalue weighted by Crippen LogP contribution is 2.17. The largest absolute Gasteiger partial charge is 0.447 e. The van der Waals surface area contributed by atoms with E-state index >= 15 is 0 Å². The summed E-state index contributed by atoms with van der Waals surface area (Å²) in [6, 6.07) is 16.3. The molecule has 31 heavy (non-hydrogen) atoms. The number of nitrogens with one attached hydrogen (secondary N) is 2. The van der Waals surface area contributed by atoms with Crippen molar-refractivity contribution in [2.75, 3.05) is 19.0 Å². The van der Waals surface area contributed by atoms with Crippen molar-refractivity contribution >= 4 is 40.3 Å². The lowest BCUT2D eigenvalue weighted by molar-refractivity contribution is 0.115. The highest BCUT2D eigenvalue weighted by molar-refractivity contribution is 6.31. The molecule has 7 nitrogen and oxygen atoms in total. The van der Waals surface area contributed by atoms with Crippen LogP contribution in [0.1, 0.15) is 18.9 Å². The van der Waals surface area contributed by atoms with Gasteiger partial charge < -0.3 is 15.0 Å². The van der Waals surface area contributed by atoms with E-state index in [2.05, 4.69) is 15.6 Å². The fraction of sp³-hybridized carbons (Fsp3) is 0.261. The van der Waals surface area contributed by atoms with E-state index in [4.69, 9.17) is 16.3 Å². The Kier molecular flexibility index (Phi) is 7.67. The predicted molar refractivity (Wildman–Crippen MR) is 122 cm³/mol. The van der Waals surface area contributed by atoms with Crippen LogP contribution in [0.3, 0.4) is 0 Å². The van der Waals surface area contributed by atoms with Crippen molar-refractivity contribution in [2.24, 2.45) is 0 Å². The molecule has 2 aromatic carbocycles. The fourth-order valence-electron chi connectivity index (χ4n) is 3.07. The fourth-order valence-corrected chi connectivity index (χ4v) is 3.27. The van der Waals surface area contributed by atoms with Gasteiger partial charge >= 0.3 is 12.1 Å². The number of likely N-dealkylation sites (N-methyl/N-ethyl adjacent to an activating group) is 1. The molecule has 0 bridgehead atoms. The van der Waals surface area contributed by atoms with Gasteiger partial charge in [0.15, 0.2) is 0 Å². The van der Waals surface area contributed by atoms with Gasteiger partial charge in [0, 0.05) is 30.2 Å². The van der Waals surface area contributed by atoms with E-state index in [-0.39, 0.29) is 18.7 Å². The number of ether oxygens (including phenoxy) is 1. The molecule has 0 aliphatic heterocycles. The summed E-state index contributed by atoms with van der Waals surface area (Å²) in [5.41, 5.74) is 0.831. The van der Waals surface area contributed by atoms with Crippen LogP contribution in [0, 0.1) is 0 Å². The number of aromatic nitrogens is 1. The number of hydrogen-bond acceptors (Lipinski definition) is 4. The predicted octanol–water partition coefficient (Wildman–Crippen LogP) is 5.06. The van der Waals surface area contributed by atoms with Crippen molar-refractivity contribution in [2.45, 2.75) is 25.9 Å². The lowest BCUT2D eigenvalue weighted by Crippen LogP contribution is -2.45. The van der Waals surface area contributed by atoms with Gasteiger partial charge in [-0.25, -0.2) is 14.6 Å². The van der Waals surface area contributed by atoms with E-state index in [1.165, 1.54) is 4.90 Å². The summed E-state index contributed by atoms with van der Waals surface area (Å²) < 4.78 is 5.33. The average molecular weight is 441 g/mol. The Morgan fingerprint density at radius 2 is 1.84 bits per heavy atom. The number of nitrogens with zero attached hydrogens (tertiary/aromatic N) is 2. The number of benzene rings is 2. The number of urea groups is 1. The molecule has 162 valence electrons.